The first kappa shape index (κ1) is 9.64. The van der Waals surface area contributed by atoms with E-state index in [2.05, 4.69) is 5.32 Å². The molecule has 1 aromatic carbocycles. The lowest BCUT2D eigenvalue weighted by atomic mass is 9.94. The summed E-state index contributed by atoms with van der Waals surface area (Å²) in [5, 5.41) is 21.3. The first-order valence-electron chi connectivity index (χ1n) is 4.46. The smallest absolute Gasteiger partial charge is 0.412 e. The van der Waals surface area contributed by atoms with Gasteiger partial charge in [0.15, 0.2) is 0 Å². The van der Waals surface area contributed by atoms with Gasteiger partial charge in [-0.15, -0.1) is 0 Å². The van der Waals surface area contributed by atoms with Gasteiger partial charge in [-0.05, 0) is 19.9 Å². The third-order valence-electron chi connectivity index (χ3n) is 2.33. The zero-order chi connectivity index (χ0) is 11.2. The normalized spacial score (nSPS) is 17.6. The molecule has 1 aromatic rings. The van der Waals surface area contributed by atoms with Crippen LogP contribution in [0, 0.1) is 0 Å². The highest BCUT2D eigenvalue weighted by Gasteiger charge is 2.35. The average Bonchev–Trinajstić information content (AvgIpc) is 2.06. The third-order valence-corrected chi connectivity index (χ3v) is 2.33. The van der Waals surface area contributed by atoms with Gasteiger partial charge < -0.3 is 14.9 Å². The van der Waals surface area contributed by atoms with E-state index in [0.29, 0.717) is 5.56 Å². The van der Waals surface area contributed by atoms with Gasteiger partial charge in [0.2, 0.25) is 0 Å². The molecule has 0 atom stereocenters. The van der Waals surface area contributed by atoms with E-state index in [1.807, 2.05) is 0 Å². The lowest BCUT2D eigenvalue weighted by molar-refractivity contribution is 0.0415. The van der Waals surface area contributed by atoms with Crippen LogP contribution in [0.4, 0.5) is 10.5 Å². The fourth-order valence-electron chi connectivity index (χ4n) is 1.63. The maximum Gasteiger partial charge on any atom is 0.412 e. The van der Waals surface area contributed by atoms with E-state index >= 15 is 0 Å². The molecular weight excluding hydrogens is 198 g/mol. The van der Waals surface area contributed by atoms with Crippen molar-refractivity contribution < 1.29 is 19.7 Å². The van der Waals surface area contributed by atoms with Crippen molar-refractivity contribution in [2.45, 2.75) is 19.4 Å². The molecule has 0 aliphatic carbocycles. The Morgan fingerprint density at radius 1 is 1.33 bits per heavy atom. The zero-order valence-corrected chi connectivity index (χ0v) is 8.37. The summed E-state index contributed by atoms with van der Waals surface area (Å²) >= 11 is 0. The average molecular weight is 209 g/mol. The van der Waals surface area contributed by atoms with Gasteiger partial charge in [-0.2, -0.15) is 0 Å². The fourth-order valence-corrected chi connectivity index (χ4v) is 1.63. The number of hydrogen-bond acceptors (Lipinski definition) is 4. The Morgan fingerprint density at radius 3 is 2.67 bits per heavy atom. The van der Waals surface area contributed by atoms with E-state index in [9.17, 15) is 15.0 Å². The van der Waals surface area contributed by atoms with E-state index in [1.165, 1.54) is 12.1 Å². The van der Waals surface area contributed by atoms with Gasteiger partial charge in [0, 0.05) is 11.6 Å². The van der Waals surface area contributed by atoms with Gasteiger partial charge in [-0.25, -0.2) is 4.79 Å². The predicted octanol–water partition coefficient (Wildman–Crippen LogP) is 1.89. The number of anilines is 1. The fraction of sp³-hybridized carbons (Fsp3) is 0.300. The van der Waals surface area contributed by atoms with Crippen LogP contribution in [0.3, 0.4) is 0 Å². The number of rotatable bonds is 0. The topological polar surface area (TPSA) is 78.8 Å². The van der Waals surface area contributed by atoms with E-state index in [1.54, 1.807) is 13.8 Å². The molecule has 0 unspecified atom stereocenters. The third kappa shape index (κ3) is 1.45. The molecule has 5 heteroatoms. The van der Waals surface area contributed by atoms with Crippen LogP contribution in [0.1, 0.15) is 19.4 Å². The van der Waals surface area contributed by atoms with Crippen LogP contribution in [0.2, 0.25) is 0 Å². The monoisotopic (exact) mass is 209 g/mol. The van der Waals surface area contributed by atoms with Gasteiger partial charge >= 0.3 is 6.09 Å². The standard InChI is InChI=1S/C10H11NO4/c1-10(2)6-3-5(12)4-7(13)8(6)11-9(14)15-10/h3-4,12-13H,1-2H3,(H,11,14). The van der Waals surface area contributed by atoms with Gasteiger partial charge in [-0.1, -0.05) is 0 Å². The van der Waals surface area contributed by atoms with Gasteiger partial charge in [0.25, 0.3) is 0 Å². The van der Waals surface area contributed by atoms with Crippen LogP contribution >= 0.6 is 0 Å². The second-order valence-corrected chi connectivity index (χ2v) is 3.91. The van der Waals surface area contributed by atoms with Crippen LogP contribution in [-0.4, -0.2) is 16.3 Å². The number of aromatic hydroxyl groups is 2. The molecule has 0 radical (unpaired) electrons. The maximum absolute atomic E-state index is 11.2. The van der Waals surface area contributed by atoms with Crippen molar-refractivity contribution in [3.05, 3.63) is 17.7 Å². The van der Waals surface area contributed by atoms with Crippen LogP contribution in [0.25, 0.3) is 0 Å². The maximum atomic E-state index is 11.2. The van der Waals surface area contributed by atoms with Crippen molar-refractivity contribution in [1.82, 2.24) is 0 Å². The molecule has 0 aromatic heterocycles. The molecule has 0 fully saturated rings. The summed E-state index contributed by atoms with van der Waals surface area (Å²) in [6.45, 7) is 3.37. The van der Waals surface area contributed by atoms with Crippen LogP contribution in [0.5, 0.6) is 11.5 Å². The molecule has 1 amide bonds. The van der Waals surface area contributed by atoms with Crippen LogP contribution in [-0.2, 0) is 10.3 Å². The van der Waals surface area contributed by atoms with E-state index in [-0.39, 0.29) is 17.2 Å². The SMILES string of the molecule is CC1(C)OC(=O)Nc2c(O)cc(O)cc21. The highest BCUT2D eigenvalue weighted by atomic mass is 16.6. The summed E-state index contributed by atoms with van der Waals surface area (Å²) in [5.74, 6) is -0.242. The first-order valence-corrected chi connectivity index (χ1v) is 4.46. The number of benzene rings is 1. The van der Waals surface area contributed by atoms with Crippen molar-refractivity contribution in [2.75, 3.05) is 5.32 Å². The second-order valence-electron chi connectivity index (χ2n) is 3.91. The molecule has 0 bridgehead atoms. The van der Waals surface area contributed by atoms with Crippen molar-refractivity contribution in [1.29, 1.82) is 0 Å². The summed E-state index contributed by atoms with van der Waals surface area (Å²) < 4.78 is 5.04. The minimum absolute atomic E-state index is 0.0703. The largest absolute Gasteiger partial charge is 0.508 e. The molecule has 1 aliphatic rings. The minimum atomic E-state index is -0.867. The summed E-state index contributed by atoms with van der Waals surface area (Å²) in [4.78, 5) is 11.2. The van der Waals surface area contributed by atoms with Gasteiger partial charge in [0.05, 0.1) is 5.69 Å². The van der Waals surface area contributed by atoms with Crippen molar-refractivity contribution in [2.24, 2.45) is 0 Å². The number of carbonyl (C=O) groups excluding carboxylic acids is 1. The Morgan fingerprint density at radius 2 is 2.00 bits per heavy atom. The number of amides is 1. The highest BCUT2D eigenvalue weighted by Crippen LogP contribution is 2.42. The van der Waals surface area contributed by atoms with E-state index in [4.69, 9.17) is 4.74 Å². The zero-order valence-electron chi connectivity index (χ0n) is 8.37. The lowest BCUT2D eigenvalue weighted by Gasteiger charge is -2.32. The van der Waals surface area contributed by atoms with Crippen LogP contribution in [0.15, 0.2) is 12.1 Å². The Hall–Kier alpha value is -1.91. The van der Waals surface area contributed by atoms with Crippen molar-refractivity contribution in [3.8, 4) is 11.5 Å². The second kappa shape index (κ2) is 2.79. The molecule has 0 saturated heterocycles. The molecule has 1 aliphatic heterocycles. The number of carbonyl (C=O) groups is 1. The number of fused-ring (bicyclic) bond motifs is 1. The summed E-state index contributed by atoms with van der Waals surface area (Å²) in [7, 11) is 0. The number of nitrogens with one attached hydrogen (secondary N) is 1. The summed E-state index contributed by atoms with van der Waals surface area (Å²) in [6.07, 6.45) is -0.617. The predicted molar refractivity (Wildman–Crippen MR) is 52.9 cm³/mol. The molecule has 0 saturated carbocycles. The Balaban J connectivity index is 2.67. The van der Waals surface area contributed by atoms with Crippen molar-refractivity contribution in [3.63, 3.8) is 0 Å². The molecule has 2 rings (SSSR count). The summed E-state index contributed by atoms with van der Waals surface area (Å²) in [5.41, 5.74) is -0.0397. The molecule has 5 nitrogen and oxygen atoms in total. The minimum Gasteiger partial charge on any atom is -0.508 e. The van der Waals surface area contributed by atoms with Gasteiger partial charge in [-0.3, -0.25) is 5.32 Å². The number of cyclic esters (lactones) is 1. The van der Waals surface area contributed by atoms with E-state index in [0.717, 1.165) is 0 Å². The number of ether oxygens (including phenoxy) is 1. The van der Waals surface area contributed by atoms with E-state index < -0.39 is 11.7 Å². The number of hydrogen-bond donors (Lipinski definition) is 3. The Kier molecular flexibility index (Phi) is 1.79. The summed E-state index contributed by atoms with van der Waals surface area (Å²) in [6, 6.07) is 2.62. The highest BCUT2D eigenvalue weighted by molar-refractivity contribution is 5.91. The number of phenols is 2. The number of phenolic OH excluding ortho intramolecular Hbond substituents is 2. The molecular formula is C10H11NO4. The molecule has 0 spiro atoms. The van der Waals surface area contributed by atoms with Crippen molar-refractivity contribution >= 4 is 11.8 Å². The Bertz CT molecular complexity index is 439. The lowest BCUT2D eigenvalue weighted by Crippen LogP contribution is -2.34. The Labute approximate surface area is 86.3 Å². The molecule has 3 N–H and O–H groups in total. The molecule has 1 heterocycles. The quantitative estimate of drug-likeness (QED) is 0.450. The first-order chi connectivity index (χ1) is 6.90. The molecule has 15 heavy (non-hydrogen) atoms. The van der Waals surface area contributed by atoms with Crippen LogP contribution < -0.4 is 5.32 Å². The van der Waals surface area contributed by atoms with Gasteiger partial charge in [0.1, 0.15) is 17.1 Å². The molecule has 80 valence electrons.